The third-order valence-electron chi connectivity index (χ3n) is 4.81. The molecule has 0 aliphatic heterocycles. The molecule has 0 saturated carbocycles. The van der Waals surface area contributed by atoms with Crippen LogP contribution in [0.3, 0.4) is 0 Å². The van der Waals surface area contributed by atoms with E-state index in [1.807, 2.05) is 45.9 Å². The van der Waals surface area contributed by atoms with Crippen LogP contribution in [-0.2, 0) is 4.74 Å². The van der Waals surface area contributed by atoms with Crippen molar-refractivity contribution in [2.24, 2.45) is 0 Å². The molecule has 2 N–H and O–H groups in total. The standard InChI is InChI=1S/C25H27FN4O2/c1-5-9-21(32-7-3)20(14-16(4)6-2)28-25(31)19-12-13-27-24-22(19)29-23(30-24)17-10-8-11-18(26)15-17/h5,8-15H,6-7H2,1-4H3,(H,28,31)(H,27,29,30)/b9-5-,16-14+,21-20-. The Bertz CT molecular complexity index is 1210. The molecule has 0 spiro atoms. The highest BCUT2D eigenvalue weighted by atomic mass is 19.1. The predicted molar refractivity (Wildman–Crippen MR) is 124 cm³/mol. The van der Waals surface area contributed by atoms with E-state index in [1.54, 1.807) is 18.2 Å². The molecule has 2 heterocycles. The van der Waals surface area contributed by atoms with Crippen molar-refractivity contribution < 1.29 is 13.9 Å². The van der Waals surface area contributed by atoms with Crippen molar-refractivity contribution in [3.05, 3.63) is 83.2 Å². The van der Waals surface area contributed by atoms with Crippen molar-refractivity contribution in [3.8, 4) is 11.4 Å². The van der Waals surface area contributed by atoms with E-state index in [0.29, 0.717) is 46.2 Å². The first-order valence-electron chi connectivity index (χ1n) is 10.6. The van der Waals surface area contributed by atoms with E-state index >= 15 is 0 Å². The van der Waals surface area contributed by atoms with Crippen LogP contribution in [-0.4, -0.2) is 27.5 Å². The SMILES string of the molecule is C\C=C/C(OCC)=C(\C=C(/C)CC)NC(=O)c1ccnc2nc(-c3cccc(F)c3)[nH]c12. The van der Waals surface area contributed by atoms with Crippen LogP contribution in [0.2, 0.25) is 0 Å². The minimum absolute atomic E-state index is 0.330. The summed E-state index contributed by atoms with van der Waals surface area (Å²) in [6.45, 7) is 8.29. The number of benzene rings is 1. The van der Waals surface area contributed by atoms with Gasteiger partial charge in [0.1, 0.15) is 17.4 Å². The molecule has 0 bridgehead atoms. The van der Waals surface area contributed by atoms with Crippen LogP contribution in [0.4, 0.5) is 4.39 Å². The second kappa shape index (κ2) is 10.5. The van der Waals surface area contributed by atoms with E-state index in [0.717, 1.165) is 12.0 Å². The minimum Gasteiger partial charge on any atom is -0.492 e. The van der Waals surface area contributed by atoms with Gasteiger partial charge in [0.25, 0.3) is 5.91 Å². The molecule has 7 heteroatoms. The molecule has 166 valence electrons. The van der Waals surface area contributed by atoms with Gasteiger partial charge in [-0.25, -0.2) is 14.4 Å². The first kappa shape index (κ1) is 22.9. The van der Waals surface area contributed by atoms with Crippen LogP contribution in [0.25, 0.3) is 22.6 Å². The molecule has 0 fully saturated rings. The van der Waals surface area contributed by atoms with Crippen LogP contribution >= 0.6 is 0 Å². The van der Waals surface area contributed by atoms with Crippen molar-refractivity contribution in [2.45, 2.75) is 34.1 Å². The van der Waals surface area contributed by atoms with Gasteiger partial charge in [-0.05, 0) is 57.5 Å². The number of ether oxygens (including phenoxy) is 1. The lowest BCUT2D eigenvalue weighted by molar-refractivity contribution is 0.0965. The Kier molecular flexibility index (Phi) is 7.54. The Morgan fingerprint density at radius 2 is 2.09 bits per heavy atom. The Labute approximate surface area is 186 Å². The topological polar surface area (TPSA) is 79.9 Å². The molecule has 0 aliphatic carbocycles. The van der Waals surface area contributed by atoms with E-state index in [2.05, 4.69) is 20.3 Å². The number of H-pyrrole nitrogens is 1. The number of aromatic amines is 1. The summed E-state index contributed by atoms with van der Waals surface area (Å²) in [6, 6.07) is 7.71. The molecule has 0 atom stereocenters. The number of amides is 1. The van der Waals surface area contributed by atoms with Gasteiger partial charge in [-0.15, -0.1) is 0 Å². The number of pyridine rings is 1. The fraction of sp³-hybridized carbons (Fsp3) is 0.240. The number of carbonyl (C=O) groups is 1. The summed E-state index contributed by atoms with van der Waals surface area (Å²) in [5.41, 5.74) is 3.47. The second-order valence-corrected chi connectivity index (χ2v) is 7.16. The smallest absolute Gasteiger partial charge is 0.258 e. The molecule has 1 amide bonds. The molecule has 0 saturated heterocycles. The zero-order chi connectivity index (χ0) is 23.1. The first-order valence-corrected chi connectivity index (χ1v) is 10.6. The number of hydrogen-bond donors (Lipinski definition) is 2. The van der Waals surface area contributed by atoms with E-state index in [9.17, 15) is 9.18 Å². The van der Waals surface area contributed by atoms with Gasteiger partial charge in [0.2, 0.25) is 0 Å². The average molecular weight is 435 g/mol. The molecule has 3 rings (SSSR count). The lowest BCUT2D eigenvalue weighted by Crippen LogP contribution is -2.24. The quantitative estimate of drug-likeness (QED) is 0.353. The molecule has 6 nitrogen and oxygen atoms in total. The molecule has 2 aromatic heterocycles. The average Bonchev–Trinajstić information content (AvgIpc) is 3.23. The van der Waals surface area contributed by atoms with Crippen molar-refractivity contribution in [2.75, 3.05) is 6.61 Å². The molecule has 1 aromatic carbocycles. The van der Waals surface area contributed by atoms with Crippen molar-refractivity contribution in [1.82, 2.24) is 20.3 Å². The summed E-state index contributed by atoms with van der Waals surface area (Å²) in [4.78, 5) is 25.1. The number of fused-ring (bicyclic) bond motifs is 1. The Morgan fingerprint density at radius 1 is 1.28 bits per heavy atom. The number of hydrogen-bond acceptors (Lipinski definition) is 4. The zero-order valence-electron chi connectivity index (χ0n) is 18.7. The summed E-state index contributed by atoms with van der Waals surface area (Å²) < 4.78 is 19.4. The third kappa shape index (κ3) is 5.29. The van der Waals surface area contributed by atoms with Gasteiger partial charge in [-0.2, -0.15) is 0 Å². The van der Waals surface area contributed by atoms with Crippen LogP contribution in [0.5, 0.6) is 0 Å². The molecule has 32 heavy (non-hydrogen) atoms. The van der Waals surface area contributed by atoms with Gasteiger partial charge in [-0.1, -0.05) is 30.7 Å². The normalized spacial score (nSPS) is 12.8. The van der Waals surface area contributed by atoms with E-state index in [4.69, 9.17) is 4.74 Å². The Morgan fingerprint density at radius 3 is 2.78 bits per heavy atom. The van der Waals surface area contributed by atoms with Crippen molar-refractivity contribution in [3.63, 3.8) is 0 Å². The summed E-state index contributed by atoms with van der Waals surface area (Å²) >= 11 is 0. The number of nitrogens with zero attached hydrogens (tertiary/aromatic N) is 2. The van der Waals surface area contributed by atoms with Crippen molar-refractivity contribution in [1.29, 1.82) is 0 Å². The zero-order valence-corrected chi connectivity index (χ0v) is 18.7. The number of rotatable bonds is 8. The number of imidazole rings is 1. The number of allylic oxidation sites excluding steroid dienone is 4. The van der Waals surface area contributed by atoms with E-state index in [1.165, 1.54) is 18.3 Å². The molecule has 0 unspecified atom stereocenters. The van der Waals surface area contributed by atoms with Gasteiger partial charge < -0.3 is 15.0 Å². The Balaban J connectivity index is 2.03. The van der Waals surface area contributed by atoms with Gasteiger partial charge in [-0.3, -0.25) is 4.79 Å². The summed E-state index contributed by atoms with van der Waals surface area (Å²) in [7, 11) is 0. The fourth-order valence-electron chi connectivity index (χ4n) is 3.10. The largest absolute Gasteiger partial charge is 0.492 e. The maximum atomic E-state index is 13.6. The van der Waals surface area contributed by atoms with Gasteiger partial charge in [0.15, 0.2) is 5.65 Å². The summed E-state index contributed by atoms with van der Waals surface area (Å²) in [5.74, 6) is 0.318. The highest BCUT2D eigenvalue weighted by Gasteiger charge is 2.17. The maximum Gasteiger partial charge on any atom is 0.258 e. The first-order chi connectivity index (χ1) is 15.5. The van der Waals surface area contributed by atoms with Gasteiger partial charge in [0, 0.05) is 11.8 Å². The third-order valence-corrected chi connectivity index (χ3v) is 4.81. The molecule has 0 radical (unpaired) electrons. The lowest BCUT2D eigenvalue weighted by Gasteiger charge is -2.13. The monoisotopic (exact) mass is 434 g/mol. The highest BCUT2D eigenvalue weighted by molar-refractivity contribution is 6.05. The lowest BCUT2D eigenvalue weighted by atomic mass is 10.1. The molecular weight excluding hydrogens is 407 g/mol. The van der Waals surface area contributed by atoms with Crippen LogP contribution < -0.4 is 5.32 Å². The van der Waals surface area contributed by atoms with Crippen LogP contribution in [0, 0.1) is 5.82 Å². The highest BCUT2D eigenvalue weighted by Crippen LogP contribution is 2.23. The van der Waals surface area contributed by atoms with Gasteiger partial charge in [0.05, 0.1) is 23.4 Å². The molecule has 0 aliphatic rings. The van der Waals surface area contributed by atoms with Gasteiger partial charge >= 0.3 is 0 Å². The minimum atomic E-state index is -0.367. The van der Waals surface area contributed by atoms with Crippen molar-refractivity contribution >= 4 is 17.1 Å². The number of halogens is 1. The van der Waals surface area contributed by atoms with Crippen LogP contribution in [0.1, 0.15) is 44.5 Å². The second-order valence-electron chi connectivity index (χ2n) is 7.16. The van der Waals surface area contributed by atoms with Crippen LogP contribution in [0.15, 0.2) is 71.8 Å². The predicted octanol–water partition coefficient (Wildman–Crippen LogP) is 5.67. The number of nitrogens with one attached hydrogen (secondary N) is 2. The number of carbonyl (C=O) groups excluding carboxylic acids is 1. The Hall–Kier alpha value is -3.74. The fourth-order valence-corrected chi connectivity index (χ4v) is 3.10. The maximum absolute atomic E-state index is 13.6. The number of aromatic nitrogens is 3. The van der Waals surface area contributed by atoms with E-state index in [-0.39, 0.29) is 11.7 Å². The van der Waals surface area contributed by atoms with E-state index < -0.39 is 0 Å². The molecular formula is C25H27FN4O2. The summed E-state index contributed by atoms with van der Waals surface area (Å²) in [6.07, 6.45) is 7.95. The summed E-state index contributed by atoms with van der Waals surface area (Å²) in [5, 5.41) is 2.97. The molecule has 3 aromatic rings.